The highest BCUT2D eigenvalue weighted by molar-refractivity contribution is 9.10. The lowest BCUT2D eigenvalue weighted by Gasteiger charge is -2.33. The highest BCUT2D eigenvalue weighted by Gasteiger charge is 2.32. The second-order valence-corrected chi connectivity index (χ2v) is 6.15. The molecule has 7 heteroatoms. The van der Waals surface area contributed by atoms with Gasteiger partial charge in [-0.05, 0) is 30.9 Å². The normalized spacial score (nSPS) is 20.6. The fourth-order valence-corrected chi connectivity index (χ4v) is 3.00. The third kappa shape index (κ3) is 2.14. The minimum atomic E-state index is -0.133. The Kier molecular flexibility index (Phi) is 3.55. The van der Waals surface area contributed by atoms with Crippen LogP contribution < -0.4 is 15.9 Å². The van der Waals surface area contributed by atoms with Crippen molar-refractivity contribution in [1.29, 1.82) is 0 Å². The van der Waals surface area contributed by atoms with Gasteiger partial charge in [0.25, 0.3) is 5.91 Å². The summed E-state index contributed by atoms with van der Waals surface area (Å²) in [5, 5.41) is 11.3. The van der Waals surface area contributed by atoms with Crippen molar-refractivity contribution in [2.75, 3.05) is 6.26 Å². The van der Waals surface area contributed by atoms with Gasteiger partial charge < -0.3 is 0 Å². The number of nitrogens with zero attached hydrogens (tertiary/aromatic N) is 3. The van der Waals surface area contributed by atoms with Gasteiger partial charge in [0.15, 0.2) is 5.17 Å². The van der Waals surface area contributed by atoms with Crippen molar-refractivity contribution in [3.8, 4) is 0 Å². The molecular formula is C13H13BrN4OS. The summed E-state index contributed by atoms with van der Waals surface area (Å²) in [6.07, 6.45) is 2.54. The van der Waals surface area contributed by atoms with E-state index >= 15 is 0 Å². The molecule has 0 unspecified atom stereocenters. The monoisotopic (exact) mass is 352 g/mol. The van der Waals surface area contributed by atoms with E-state index in [2.05, 4.69) is 31.3 Å². The standard InChI is InChI=1S/C13H13BrN4OS/c1-3-10-15-9-5-4-7(14)6-8(9)11-12(19)16-13(20-2)17-18(10)11/h4-6,10H,3H2,1-2H3,(H,16,17,19)/t10-/m0/s1. The Bertz CT molecular complexity index is 730. The Morgan fingerprint density at radius 1 is 1.50 bits per heavy atom. The maximum atomic E-state index is 12.4. The summed E-state index contributed by atoms with van der Waals surface area (Å²) in [5.74, 6) is -0.128. The van der Waals surface area contributed by atoms with Gasteiger partial charge in [0.2, 0.25) is 0 Å². The van der Waals surface area contributed by atoms with Crippen molar-refractivity contribution in [3.63, 3.8) is 0 Å². The number of hydrogen-bond donors (Lipinski definition) is 1. The molecule has 0 fully saturated rings. The quantitative estimate of drug-likeness (QED) is 0.819. The molecular weight excluding hydrogens is 340 g/mol. The summed E-state index contributed by atoms with van der Waals surface area (Å²) < 4.78 is 0.918. The number of halogens is 1. The number of hydrazone groups is 1. The molecule has 20 heavy (non-hydrogen) atoms. The Morgan fingerprint density at radius 2 is 2.30 bits per heavy atom. The second-order valence-electron chi connectivity index (χ2n) is 4.44. The smallest absolute Gasteiger partial charge is 0.276 e. The van der Waals surface area contributed by atoms with Crippen molar-refractivity contribution in [2.24, 2.45) is 10.1 Å². The van der Waals surface area contributed by atoms with E-state index in [9.17, 15) is 4.79 Å². The summed E-state index contributed by atoms with van der Waals surface area (Å²) >= 11 is 4.85. The molecule has 3 rings (SSSR count). The van der Waals surface area contributed by atoms with E-state index in [-0.39, 0.29) is 12.1 Å². The zero-order valence-electron chi connectivity index (χ0n) is 11.1. The minimum Gasteiger partial charge on any atom is -0.298 e. The number of nitrogens with one attached hydrogen (secondary N) is 1. The number of benzene rings is 1. The van der Waals surface area contributed by atoms with Crippen LogP contribution in [0.15, 0.2) is 32.8 Å². The molecule has 5 nitrogen and oxygen atoms in total. The number of amides is 1. The van der Waals surface area contributed by atoms with Gasteiger partial charge in [-0.25, -0.2) is 5.01 Å². The molecule has 2 aliphatic rings. The van der Waals surface area contributed by atoms with Crippen LogP contribution in [0.4, 0.5) is 0 Å². The van der Waals surface area contributed by atoms with Gasteiger partial charge >= 0.3 is 0 Å². The molecule has 104 valence electrons. The molecule has 1 amide bonds. The molecule has 1 N–H and O–H groups in total. The van der Waals surface area contributed by atoms with Gasteiger partial charge in [0, 0.05) is 9.69 Å². The van der Waals surface area contributed by atoms with Gasteiger partial charge in [0.1, 0.15) is 11.9 Å². The number of rotatable bonds is 1. The summed E-state index contributed by atoms with van der Waals surface area (Å²) in [4.78, 5) is 17.1. The number of fused-ring (bicyclic) bond motifs is 2. The van der Waals surface area contributed by atoms with Gasteiger partial charge in [-0.1, -0.05) is 34.6 Å². The molecule has 0 aromatic heterocycles. The second kappa shape index (κ2) is 5.21. The van der Waals surface area contributed by atoms with E-state index < -0.39 is 0 Å². The van der Waals surface area contributed by atoms with E-state index in [0.717, 1.165) is 21.5 Å². The predicted molar refractivity (Wildman–Crippen MR) is 83.3 cm³/mol. The number of carbonyl (C=O) groups excluding carboxylic acids is 1. The molecule has 0 saturated carbocycles. The predicted octanol–water partition coefficient (Wildman–Crippen LogP) is 0.992. The lowest BCUT2D eigenvalue weighted by atomic mass is 10.1. The van der Waals surface area contributed by atoms with Gasteiger partial charge in [-0.3, -0.25) is 15.1 Å². The Balaban J connectivity index is 2.32. The molecule has 0 aliphatic carbocycles. The summed E-state index contributed by atoms with van der Waals surface area (Å²) in [6, 6.07) is 5.77. The third-order valence-electron chi connectivity index (χ3n) is 3.21. The molecule has 2 heterocycles. The van der Waals surface area contributed by atoms with E-state index in [4.69, 9.17) is 0 Å². The van der Waals surface area contributed by atoms with Crippen molar-refractivity contribution in [3.05, 3.63) is 33.2 Å². The van der Waals surface area contributed by atoms with Gasteiger partial charge in [0.05, 0.1) is 5.36 Å². The Hall–Kier alpha value is -1.34. The maximum Gasteiger partial charge on any atom is 0.276 e. The number of carbonyl (C=O) groups is 1. The van der Waals surface area contributed by atoms with E-state index in [1.807, 2.05) is 31.4 Å². The zero-order chi connectivity index (χ0) is 14.3. The van der Waals surface area contributed by atoms with Gasteiger partial charge in [-0.2, -0.15) is 0 Å². The number of thioether (sulfide) groups is 1. The molecule has 1 atom stereocenters. The topological polar surface area (TPSA) is 57.1 Å². The fraction of sp³-hybridized carbons (Fsp3) is 0.308. The third-order valence-corrected chi connectivity index (χ3v) is 4.27. The lowest BCUT2D eigenvalue weighted by molar-refractivity contribution is -0.116. The van der Waals surface area contributed by atoms with Crippen LogP contribution in [-0.4, -0.2) is 28.5 Å². The summed E-state index contributed by atoms with van der Waals surface area (Å²) in [5.41, 5.74) is 0.570. The van der Waals surface area contributed by atoms with Crippen LogP contribution in [0.2, 0.25) is 0 Å². The van der Waals surface area contributed by atoms with Crippen molar-refractivity contribution in [1.82, 2.24) is 10.3 Å². The first-order valence-corrected chi connectivity index (χ1v) is 8.26. The molecule has 0 radical (unpaired) electrons. The Labute approximate surface area is 129 Å². The fourth-order valence-electron chi connectivity index (χ4n) is 2.28. The zero-order valence-corrected chi connectivity index (χ0v) is 13.5. The van der Waals surface area contributed by atoms with E-state index in [1.54, 1.807) is 5.01 Å². The average molecular weight is 353 g/mol. The molecule has 2 aliphatic heterocycles. The highest BCUT2D eigenvalue weighted by atomic mass is 79.9. The van der Waals surface area contributed by atoms with Crippen LogP contribution in [0.1, 0.15) is 13.3 Å². The van der Waals surface area contributed by atoms with Crippen LogP contribution in [0.25, 0.3) is 5.70 Å². The first-order chi connectivity index (χ1) is 9.63. The largest absolute Gasteiger partial charge is 0.298 e. The van der Waals surface area contributed by atoms with Gasteiger partial charge in [-0.15, -0.1) is 5.10 Å². The van der Waals surface area contributed by atoms with Crippen LogP contribution in [0.3, 0.4) is 0 Å². The van der Waals surface area contributed by atoms with Crippen molar-refractivity contribution < 1.29 is 4.79 Å². The summed E-state index contributed by atoms with van der Waals surface area (Å²) in [6.45, 7) is 2.04. The molecule has 0 bridgehead atoms. The average Bonchev–Trinajstić information content (AvgIpc) is 2.45. The first-order valence-electron chi connectivity index (χ1n) is 6.25. The Morgan fingerprint density at radius 3 is 3.00 bits per heavy atom. The number of amidine groups is 1. The van der Waals surface area contributed by atoms with Crippen LogP contribution in [0, 0.1) is 0 Å². The SMILES string of the molecule is CC[C@H]1N=c2ccc(Br)cc2=C2C(=O)NC(SC)=NN21. The highest BCUT2D eigenvalue weighted by Crippen LogP contribution is 2.21. The van der Waals surface area contributed by atoms with Crippen LogP contribution in [0.5, 0.6) is 0 Å². The van der Waals surface area contributed by atoms with E-state index in [0.29, 0.717) is 10.9 Å². The number of hydrogen-bond acceptors (Lipinski definition) is 5. The molecule has 1 aromatic rings. The van der Waals surface area contributed by atoms with E-state index in [1.165, 1.54) is 11.8 Å². The lowest BCUT2D eigenvalue weighted by Crippen LogP contribution is -2.52. The molecule has 0 saturated heterocycles. The summed E-state index contributed by atoms with van der Waals surface area (Å²) in [7, 11) is 0. The molecule has 0 spiro atoms. The van der Waals surface area contributed by atoms with Crippen molar-refractivity contribution in [2.45, 2.75) is 19.5 Å². The first kappa shape index (κ1) is 13.6. The maximum absolute atomic E-state index is 12.4. The minimum absolute atomic E-state index is 0.128. The van der Waals surface area contributed by atoms with Crippen LogP contribution in [-0.2, 0) is 4.79 Å². The van der Waals surface area contributed by atoms with Crippen molar-refractivity contribution >= 4 is 44.5 Å². The van der Waals surface area contributed by atoms with Crippen LogP contribution >= 0.6 is 27.7 Å². The molecule has 1 aromatic carbocycles.